The van der Waals surface area contributed by atoms with E-state index in [4.69, 9.17) is 4.42 Å². The number of carbonyl (C=O) groups is 2. The predicted molar refractivity (Wildman–Crippen MR) is 140 cm³/mol. The van der Waals surface area contributed by atoms with Gasteiger partial charge in [-0.25, -0.2) is 4.98 Å². The summed E-state index contributed by atoms with van der Waals surface area (Å²) < 4.78 is 5.03. The first-order chi connectivity index (χ1) is 16.2. The fourth-order valence-electron chi connectivity index (χ4n) is 2.97. The topological polar surface area (TPSA) is 75.4 Å². The minimum atomic E-state index is -0.0752. The highest BCUT2D eigenvalue weighted by atomic mass is 32.1. The lowest BCUT2D eigenvalue weighted by molar-refractivity contribution is -0.129. The summed E-state index contributed by atoms with van der Waals surface area (Å²) in [5.74, 6) is 0.588. The first-order valence-electron chi connectivity index (χ1n) is 11.8. The van der Waals surface area contributed by atoms with Gasteiger partial charge in [-0.2, -0.15) is 0 Å². The van der Waals surface area contributed by atoms with Gasteiger partial charge in [-0.15, -0.1) is 11.3 Å². The fraction of sp³-hybridized carbons (Fsp3) is 0.444. The number of aryl methyl sites for hydroxylation is 3. The first kappa shape index (κ1) is 29.1. The molecule has 0 atom stereocenters. The maximum atomic E-state index is 11.8. The molecule has 0 radical (unpaired) electrons. The molecule has 2 aromatic heterocycles. The van der Waals surface area contributed by atoms with Gasteiger partial charge in [0.25, 0.3) is 5.91 Å². The Morgan fingerprint density at radius 2 is 1.74 bits per heavy atom. The van der Waals surface area contributed by atoms with Crippen molar-refractivity contribution in [2.75, 3.05) is 6.54 Å². The van der Waals surface area contributed by atoms with Crippen LogP contribution in [0.15, 0.2) is 47.2 Å². The summed E-state index contributed by atoms with van der Waals surface area (Å²) >= 11 is 1.50. The molecule has 3 aromatic rings. The summed E-state index contributed by atoms with van der Waals surface area (Å²) in [5, 5.41) is 2.77. The third kappa shape index (κ3) is 10.8. The van der Waals surface area contributed by atoms with Gasteiger partial charge in [-0.1, -0.05) is 57.0 Å². The van der Waals surface area contributed by atoms with Crippen molar-refractivity contribution in [1.29, 1.82) is 0 Å². The zero-order chi connectivity index (χ0) is 25.5. The molecule has 0 unspecified atom stereocenters. The van der Waals surface area contributed by atoms with Crippen molar-refractivity contribution < 1.29 is 14.0 Å². The molecule has 0 aliphatic rings. The van der Waals surface area contributed by atoms with Crippen LogP contribution in [-0.2, 0) is 17.9 Å². The lowest BCUT2D eigenvalue weighted by Gasteiger charge is -2.20. The van der Waals surface area contributed by atoms with Gasteiger partial charge in [0.15, 0.2) is 0 Å². The first-order valence-corrected chi connectivity index (χ1v) is 12.6. The van der Waals surface area contributed by atoms with Crippen LogP contribution in [0.5, 0.6) is 0 Å². The minimum Gasteiger partial charge on any atom is -0.447 e. The Bertz CT molecular complexity index is 979. The SMILES string of the molecule is CCC.CCCN(Cc1ccc(C)cc1)C(C)=O.Cc1cc(C)c(C(=O)NCc2ncco2)s1. The molecule has 1 aromatic carbocycles. The number of thiophene rings is 1. The van der Waals surface area contributed by atoms with Crippen molar-refractivity contribution in [3.8, 4) is 0 Å². The summed E-state index contributed by atoms with van der Waals surface area (Å²) in [4.78, 5) is 30.8. The average Bonchev–Trinajstić information content (AvgIpc) is 3.43. The Hall–Kier alpha value is -2.93. The summed E-state index contributed by atoms with van der Waals surface area (Å²) in [6.45, 7) is 15.8. The molecule has 0 aliphatic carbocycles. The number of benzene rings is 1. The van der Waals surface area contributed by atoms with E-state index in [9.17, 15) is 9.59 Å². The van der Waals surface area contributed by atoms with Crippen LogP contribution in [0, 0.1) is 20.8 Å². The quantitative estimate of drug-likeness (QED) is 0.417. The van der Waals surface area contributed by atoms with Crippen molar-refractivity contribution in [2.24, 2.45) is 0 Å². The van der Waals surface area contributed by atoms with Crippen LogP contribution < -0.4 is 5.32 Å². The number of hydrogen-bond acceptors (Lipinski definition) is 5. The smallest absolute Gasteiger partial charge is 0.262 e. The van der Waals surface area contributed by atoms with E-state index in [0.717, 1.165) is 34.8 Å². The Kier molecular flexibility index (Phi) is 13.5. The molecule has 2 heterocycles. The van der Waals surface area contributed by atoms with Crippen molar-refractivity contribution in [3.63, 3.8) is 0 Å². The van der Waals surface area contributed by atoms with Crippen molar-refractivity contribution in [3.05, 3.63) is 75.1 Å². The van der Waals surface area contributed by atoms with E-state index < -0.39 is 0 Å². The standard InChI is InChI=1S/C13H19NO.C11H12N2O2S.C3H8/c1-4-9-14(12(3)15)10-13-7-5-11(2)6-8-13;1-7-5-8(2)16-10(7)11(14)13-6-9-12-3-4-15-9;1-3-2/h5-8H,4,9-10H2,1-3H3;3-5H,6H2,1-2H3,(H,13,14);3H2,1-2H3. The van der Waals surface area contributed by atoms with E-state index in [1.807, 2.05) is 24.8 Å². The van der Waals surface area contributed by atoms with Gasteiger partial charge in [0.1, 0.15) is 6.26 Å². The van der Waals surface area contributed by atoms with E-state index in [-0.39, 0.29) is 11.8 Å². The highest BCUT2D eigenvalue weighted by Crippen LogP contribution is 2.20. The van der Waals surface area contributed by atoms with Crippen LogP contribution in [0.2, 0.25) is 0 Å². The average molecular weight is 486 g/mol. The normalized spacial score (nSPS) is 9.85. The van der Waals surface area contributed by atoms with Crippen LogP contribution in [-0.4, -0.2) is 28.2 Å². The molecule has 0 bridgehead atoms. The van der Waals surface area contributed by atoms with Crippen molar-refractivity contribution >= 4 is 23.2 Å². The van der Waals surface area contributed by atoms with E-state index in [2.05, 4.69) is 62.3 Å². The minimum absolute atomic E-state index is 0.0752. The summed E-state index contributed by atoms with van der Waals surface area (Å²) in [6, 6.07) is 10.3. The molecule has 34 heavy (non-hydrogen) atoms. The van der Waals surface area contributed by atoms with Crippen molar-refractivity contribution in [2.45, 2.75) is 74.4 Å². The molecule has 2 amide bonds. The number of nitrogens with zero attached hydrogens (tertiary/aromatic N) is 2. The third-order valence-corrected chi connectivity index (χ3v) is 5.72. The molecule has 1 N–H and O–H groups in total. The van der Waals surface area contributed by atoms with Crippen LogP contribution in [0.25, 0.3) is 0 Å². The van der Waals surface area contributed by atoms with Crippen LogP contribution in [0.4, 0.5) is 0 Å². The van der Waals surface area contributed by atoms with Gasteiger partial charge < -0.3 is 14.6 Å². The second-order valence-corrected chi connectivity index (χ2v) is 9.37. The van der Waals surface area contributed by atoms with Crippen molar-refractivity contribution in [1.82, 2.24) is 15.2 Å². The molecule has 0 aliphatic heterocycles. The second kappa shape index (κ2) is 15.8. The molecule has 0 saturated heterocycles. The molecule has 0 spiro atoms. The monoisotopic (exact) mass is 485 g/mol. The summed E-state index contributed by atoms with van der Waals surface area (Å²) in [7, 11) is 0. The molecule has 0 saturated carbocycles. The Balaban J connectivity index is 0.000000306. The molecular formula is C27H39N3O3S. The maximum Gasteiger partial charge on any atom is 0.262 e. The number of aromatic nitrogens is 1. The summed E-state index contributed by atoms with van der Waals surface area (Å²) in [5.41, 5.74) is 3.46. The fourth-order valence-corrected chi connectivity index (χ4v) is 3.92. The molecule has 186 valence electrons. The van der Waals surface area contributed by atoms with Gasteiger partial charge in [-0.05, 0) is 44.4 Å². The molecule has 0 fully saturated rings. The molecular weight excluding hydrogens is 446 g/mol. The van der Waals surface area contributed by atoms with Crippen LogP contribution >= 0.6 is 11.3 Å². The third-order valence-electron chi connectivity index (χ3n) is 4.56. The van der Waals surface area contributed by atoms with E-state index in [1.54, 1.807) is 13.1 Å². The maximum absolute atomic E-state index is 11.8. The number of nitrogens with one attached hydrogen (secondary N) is 1. The lowest BCUT2D eigenvalue weighted by Crippen LogP contribution is -2.28. The van der Waals surface area contributed by atoms with E-state index in [1.165, 1.54) is 35.1 Å². The summed E-state index contributed by atoms with van der Waals surface area (Å²) in [6.07, 6.45) is 5.30. The number of rotatable bonds is 7. The highest BCUT2D eigenvalue weighted by molar-refractivity contribution is 7.14. The zero-order valence-corrected chi connectivity index (χ0v) is 22.4. The van der Waals surface area contributed by atoms with E-state index >= 15 is 0 Å². The molecule has 7 heteroatoms. The Morgan fingerprint density at radius 1 is 1.09 bits per heavy atom. The van der Waals surface area contributed by atoms with Crippen LogP contribution in [0.1, 0.15) is 77.7 Å². The predicted octanol–water partition coefficient (Wildman–Crippen LogP) is 6.45. The van der Waals surface area contributed by atoms with Crippen LogP contribution in [0.3, 0.4) is 0 Å². The van der Waals surface area contributed by atoms with Gasteiger partial charge in [0, 0.05) is 24.9 Å². The Labute approximate surface area is 208 Å². The van der Waals surface area contributed by atoms with Gasteiger partial charge in [0.05, 0.1) is 17.6 Å². The highest BCUT2D eigenvalue weighted by Gasteiger charge is 2.12. The van der Waals surface area contributed by atoms with Gasteiger partial charge in [-0.3, -0.25) is 9.59 Å². The number of oxazole rings is 1. The zero-order valence-electron chi connectivity index (χ0n) is 21.6. The van der Waals surface area contributed by atoms with Gasteiger partial charge >= 0.3 is 0 Å². The number of carbonyl (C=O) groups excluding carboxylic acids is 2. The molecule has 6 nitrogen and oxygen atoms in total. The van der Waals surface area contributed by atoms with E-state index in [0.29, 0.717) is 12.4 Å². The van der Waals surface area contributed by atoms with Gasteiger partial charge in [0.2, 0.25) is 11.8 Å². The lowest BCUT2D eigenvalue weighted by atomic mass is 10.1. The molecule has 3 rings (SSSR count). The number of amides is 2. The second-order valence-electron chi connectivity index (χ2n) is 8.11. The largest absolute Gasteiger partial charge is 0.447 e. The Morgan fingerprint density at radius 3 is 2.21 bits per heavy atom. The number of hydrogen-bond donors (Lipinski definition) is 1.